The molecule has 0 amide bonds. The smallest absolute Gasteiger partial charge is 0.224 e. The first-order valence-corrected chi connectivity index (χ1v) is 5.63. The zero-order chi connectivity index (χ0) is 12.7. The van der Waals surface area contributed by atoms with Crippen LogP contribution in [0.1, 0.15) is 13.8 Å². The summed E-state index contributed by atoms with van der Waals surface area (Å²) >= 11 is 5.61. The minimum atomic E-state index is -0.277. The second-order valence-corrected chi connectivity index (χ2v) is 3.18. The average molecular weight is 254 g/mol. The first kappa shape index (κ1) is 13.4. The topological polar surface area (TPSA) is 37.8 Å². The fourth-order valence-electron chi connectivity index (χ4n) is 1.09. The Balaban J connectivity index is 0.000000686. The predicted octanol–water partition coefficient (Wildman–Crippen LogP) is 4.04. The van der Waals surface area contributed by atoms with Gasteiger partial charge in [0, 0.05) is 11.9 Å². The highest BCUT2D eigenvalue weighted by atomic mass is 35.5. The van der Waals surface area contributed by atoms with Crippen molar-refractivity contribution in [1.82, 2.24) is 9.97 Å². The van der Waals surface area contributed by atoms with E-state index in [0.29, 0.717) is 5.82 Å². The molecule has 0 saturated heterocycles. The Labute approximate surface area is 105 Å². The Bertz CT molecular complexity index is 460. The second kappa shape index (κ2) is 6.81. The van der Waals surface area contributed by atoms with Crippen LogP contribution in [0.4, 0.5) is 15.9 Å². The first-order chi connectivity index (χ1) is 8.24. The van der Waals surface area contributed by atoms with Crippen molar-refractivity contribution >= 4 is 23.1 Å². The van der Waals surface area contributed by atoms with E-state index >= 15 is 0 Å². The fraction of sp³-hybridized carbons (Fsp3) is 0.167. The standard InChI is InChI=1S/C10H7ClFN3.C2H6/c11-10-13-6-5-9(15-10)14-8-3-1-7(12)2-4-8;1-2/h1-6H,(H,13,14,15);1-2H3. The minimum absolute atomic E-state index is 0.169. The van der Waals surface area contributed by atoms with E-state index in [4.69, 9.17) is 11.6 Å². The van der Waals surface area contributed by atoms with Crippen LogP contribution in [0.15, 0.2) is 36.5 Å². The third-order valence-electron chi connectivity index (χ3n) is 1.74. The molecule has 2 aromatic rings. The molecular formula is C12H13ClFN3. The van der Waals surface area contributed by atoms with E-state index < -0.39 is 0 Å². The molecule has 90 valence electrons. The summed E-state index contributed by atoms with van der Waals surface area (Å²) in [6.45, 7) is 4.00. The maximum Gasteiger partial charge on any atom is 0.224 e. The Morgan fingerprint density at radius 3 is 2.35 bits per heavy atom. The number of rotatable bonds is 2. The van der Waals surface area contributed by atoms with Crippen molar-refractivity contribution in [2.75, 3.05) is 5.32 Å². The lowest BCUT2D eigenvalue weighted by Gasteiger charge is -2.04. The Kier molecular flexibility index (Phi) is 5.36. The third-order valence-corrected chi connectivity index (χ3v) is 1.92. The number of hydrogen-bond acceptors (Lipinski definition) is 3. The van der Waals surface area contributed by atoms with Gasteiger partial charge in [-0.2, -0.15) is 0 Å². The largest absolute Gasteiger partial charge is 0.340 e. The number of nitrogens with one attached hydrogen (secondary N) is 1. The molecule has 5 heteroatoms. The summed E-state index contributed by atoms with van der Waals surface area (Å²) in [5.74, 6) is 0.294. The van der Waals surface area contributed by atoms with Gasteiger partial charge in [0.2, 0.25) is 5.28 Å². The summed E-state index contributed by atoms with van der Waals surface area (Å²) in [6, 6.07) is 7.64. The van der Waals surface area contributed by atoms with Gasteiger partial charge in [-0.05, 0) is 41.9 Å². The van der Waals surface area contributed by atoms with Crippen molar-refractivity contribution in [2.45, 2.75) is 13.8 Å². The molecular weight excluding hydrogens is 241 g/mol. The van der Waals surface area contributed by atoms with Crippen molar-refractivity contribution in [1.29, 1.82) is 0 Å². The molecule has 3 nitrogen and oxygen atoms in total. The molecule has 1 aromatic heterocycles. The Hall–Kier alpha value is -1.68. The van der Waals surface area contributed by atoms with Gasteiger partial charge in [0.25, 0.3) is 0 Å². The molecule has 1 N–H and O–H groups in total. The quantitative estimate of drug-likeness (QED) is 0.821. The summed E-state index contributed by atoms with van der Waals surface area (Å²) in [7, 11) is 0. The number of halogens is 2. The summed E-state index contributed by atoms with van der Waals surface area (Å²) in [5.41, 5.74) is 0.742. The molecule has 0 aliphatic carbocycles. The van der Waals surface area contributed by atoms with Gasteiger partial charge < -0.3 is 5.32 Å². The molecule has 0 fully saturated rings. The van der Waals surface area contributed by atoms with Crippen LogP contribution in [0.25, 0.3) is 0 Å². The molecule has 1 heterocycles. The number of nitrogens with zero attached hydrogens (tertiary/aromatic N) is 2. The lowest BCUT2D eigenvalue weighted by molar-refractivity contribution is 0.628. The van der Waals surface area contributed by atoms with E-state index in [2.05, 4.69) is 15.3 Å². The highest BCUT2D eigenvalue weighted by Crippen LogP contribution is 2.15. The molecule has 0 saturated carbocycles. The summed E-state index contributed by atoms with van der Waals surface area (Å²) < 4.78 is 12.6. The summed E-state index contributed by atoms with van der Waals surface area (Å²) in [4.78, 5) is 7.69. The zero-order valence-electron chi connectivity index (χ0n) is 9.61. The van der Waals surface area contributed by atoms with Crippen molar-refractivity contribution in [3.8, 4) is 0 Å². The van der Waals surface area contributed by atoms with E-state index in [-0.39, 0.29) is 11.1 Å². The molecule has 0 aliphatic rings. The first-order valence-electron chi connectivity index (χ1n) is 5.25. The van der Waals surface area contributed by atoms with Crippen LogP contribution in [0.2, 0.25) is 5.28 Å². The highest BCUT2D eigenvalue weighted by molar-refractivity contribution is 6.28. The average Bonchev–Trinajstić information content (AvgIpc) is 2.35. The normalized spacial score (nSPS) is 9.18. The minimum Gasteiger partial charge on any atom is -0.340 e. The number of hydrogen-bond donors (Lipinski definition) is 1. The van der Waals surface area contributed by atoms with Crippen molar-refractivity contribution in [2.24, 2.45) is 0 Å². The number of aromatic nitrogens is 2. The molecule has 0 atom stereocenters. The van der Waals surface area contributed by atoms with E-state index in [9.17, 15) is 4.39 Å². The van der Waals surface area contributed by atoms with Gasteiger partial charge in [0.15, 0.2) is 0 Å². The lowest BCUT2D eigenvalue weighted by Crippen LogP contribution is -1.94. The monoisotopic (exact) mass is 253 g/mol. The molecule has 0 radical (unpaired) electrons. The van der Waals surface area contributed by atoms with Crippen LogP contribution < -0.4 is 5.32 Å². The molecule has 2 rings (SSSR count). The third kappa shape index (κ3) is 4.36. The van der Waals surface area contributed by atoms with Crippen LogP contribution in [-0.2, 0) is 0 Å². The molecule has 17 heavy (non-hydrogen) atoms. The molecule has 1 aromatic carbocycles. The van der Waals surface area contributed by atoms with Crippen LogP contribution in [0, 0.1) is 5.82 Å². The van der Waals surface area contributed by atoms with Crippen LogP contribution in [0.3, 0.4) is 0 Å². The molecule has 0 bridgehead atoms. The summed E-state index contributed by atoms with van der Waals surface area (Å²) in [5, 5.41) is 3.14. The molecule has 0 unspecified atom stereocenters. The van der Waals surface area contributed by atoms with Gasteiger partial charge >= 0.3 is 0 Å². The van der Waals surface area contributed by atoms with E-state index in [0.717, 1.165) is 5.69 Å². The van der Waals surface area contributed by atoms with Crippen molar-refractivity contribution < 1.29 is 4.39 Å². The van der Waals surface area contributed by atoms with Crippen LogP contribution >= 0.6 is 11.6 Å². The van der Waals surface area contributed by atoms with E-state index in [1.807, 2.05) is 13.8 Å². The fourth-order valence-corrected chi connectivity index (χ4v) is 1.23. The number of benzene rings is 1. The van der Waals surface area contributed by atoms with Crippen molar-refractivity contribution in [3.63, 3.8) is 0 Å². The van der Waals surface area contributed by atoms with Gasteiger partial charge in [-0.3, -0.25) is 0 Å². The van der Waals surface area contributed by atoms with E-state index in [1.165, 1.54) is 12.1 Å². The predicted molar refractivity (Wildman–Crippen MR) is 68.1 cm³/mol. The second-order valence-electron chi connectivity index (χ2n) is 2.84. The van der Waals surface area contributed by atoms with Gasteiger partial charge in [-0.1, -0.05) is 13.8 Å². The summed E-state index contributed by atoms with van der Waals surface area (Å²) in [6.07, 6.45) is 1.54. The molecule has 0 spiro atoms. The lowest BCUT2D eigenvalue weighted by atomic mass is 10.3. The maximum atomic E-state index is 12.6. The SMILES string of the molecule is CC.Fc1ccc(Nc2ccnc(Cl)n2)cc1. The Morgan fingerprint density at radius 2 is 1.76 bits per heavy atom. The zero-order valence-corrected chi connectivity index (χ0v) is 10.4. The molecule has 0 aliphatic heterocycles. The van der Waals surface area contributed by atoms with Gasteiger partial charge in [0.05, 0.1) is 0 Å². The van der Waals surface area contributed by atoms with Crippen LogP contribution in [0.5, 0.6) is 0 Å². The van der Waals surface area contributed by atoms with Gasteiger partial charge in [-0.15, -0.1) is 0 Å². The van der Waals surface area contributed by atoms with Crippen LogP contribution in [-0.4, -0.2) is 9.97 Å². The maximum absolute atomic E-state index is 12.6. The number of anilines is 2. The highest BCUT2D eigenvalue weighted by Gasteiger charge is 1.97. The Morgan fingerprint density at radius 1 is 1.12 bits per heavy atom. The van der Waals surface area contributed by atoms with Crippen molar-refractivity contribution in [3.05, 3.63) is 47.6 Å². The van der Waals surface area contributed by atoms with Gasteiger partial charge in [0.1, 0.15) is 11.6 Å². The van der Waals surface area contributed by atoms with E-state index in [1.54, 1.807) is 24.4 Å². The van der Waals surface area contributed by atoms with Gasteiger partial charge in [-0.25, -0.2) is 14.4 Å².